The van der Waals surface area contributed by atoms with E-state index in [4.69, 9.17) is 19.3 Å². The number of ketones is 1. The molecule has 0 aliphatic carbocycles. The molecule has 0 saturated heterocycles. The van der Waals surface area contributed by atoms with Gasteiger partial charge in [0, 0.05) is 18.9 Å². The summed E-state index contributed by atoms with van der Waals surface area (Å²) in [5, 5.41) is 8.92. The first-order chi connectivity index (χ1) is 18.3. The molecule has 0 spiro atoms. The van der Waals surface area contributed by atoms with Crippen LogP contribution >= 0.6 is 0 Å². The first-order valence-corrected chi connectivity index (χ1v) is 11.8. The number of carbonyl (C=O) groups is 3. The summed E-state index contributed by atoms with van der Waals surface area (Å²) in [4.78, 5) is 34.9. The van der Waals surface area contributed by atoms with Crippen LogP contribution < -0.4 is 9.47 Å². The fraction of sp³-hybridized carbons (Fsp3) is 0.167. The van der Waals surface area contributed by atoms with Crippen LogP contribution in [0.15, 0.2) is 85.0 Å². The van der Waals surface area contributed by atoms with Gasteiger partial charge in [-0.1, -0.05) is 43.0 Å². The van der Waals surface area contributed by atoms with Crippen molar-refractivity contribution in [2.75, 3.05) is 19.8 Å². The number of carbonyl (C=O) groups excluding carboxylic acids is 3. The van der Waals surface area contributed by atoms with Gasteiger partial charge in [0.15, 0.2) is 17.3 Å². The predicted octanol–water partition coefficient (Wildman–Crippen LogP) is 5.17. The van der Waals surface area contributed by atoms with E-state index in [1.807, 2.05) is 24.3 Å². The number of aliphatic hydroxyl groups is 1. The van der Waals surface area contributed by atoms with Gasteiger partial charge in [0.1, 0.15) is 5.75 Å². The minimum Gasteiger partial charge on any atom is -0.490 e. The van der Waals surface area contributed by atoms with Gasteiger partial charge in [-0.25, -0.2) is 9.18 Å². The quantitative estimate of drug-likeness (QED) is 0.116. The highest BCUT2D eigenvalue weighted by Gasteiger charge is 2.10. The Bertz CT molecular complexity index is 1330. The summed E-state index contributed by atoms with van der Waals surface area (Å²) in [7, 11) is 0. The standard InChI is InChI=1S/C30H27FO7/c1-20(19-32)30(35)38-26-12-9-24(10-13-26)28(34)14-6-22-4-7-23(8-5-22)25-11-15-29(27(31)18-25)37-17-3-16-36-21(2)33/h4-15,18,32H,1,3,16-17,19H2,2H3/b14-6+. The summed E-state index contributed by atoms with van der Waals surface area (Å²) in [5.41, 5.74) is 2.58. The van der Waals surface area contributed by atoms with Gasteiger partial charge in [-0.2, -0.15) is 0 Å². The summed E-state index contributed by atoms with van der Waals surface area (Å²) in [6.45, 7) is 4.66. The second-order valence-electron chi connectivity index (χ2n) is 8.18. The SMILES string of the molecule is C=C(CO)C(=O)Oc1ccc(C(=O)/C=C/c2ccc(-c3ccc(OCCCOC(C)=O)c(F)c3)cc2)cc1. The molecule has 7 nitrogen and oxygen atoms in total. The Kier molecular flexibility index (Phi) is 10.1. The van der Waals surface area contributed by atoms with Crippen molar-refractivity contribution in [2.24, 2.45) is 0 Å². The molecule has 196 valence electrons. The monoisotopic (exact) mass is 518 g/mol. The number of rotatable bonds is 12. The van der Waals surface area contributed by atoms with E-state index in [0.717, 1.165) is 11.1 Å². The second-order valence-corrected chi connectivity index (χ2v) is 8.18. The van der Waals surface area contributed by atoms with Crippen LogP contribution in [0.25, 0.3) is 17.2 Å². The lowest BCUT2D eigenvalue weighted by molar-refractivity contribution is -0.141. The van der Waals surface area contributed by atoms with Crippen molar-refractivity contribution >= 4 is 23.8 Å². The number of benzene rings is 3. The highest BCUT2D eigenvalue weighted by Crippen LogP contribution is 2.26. The number of halogens is 1. The minimum absolute atomic E-state index is 0.0696. The molecule has 1 N–H and O–H groups in total. The lowest BCUT2D eigenvalue weighted by Crippen LogP contribution is -2.12. The number of aliphatic hydroxyl groups excluding tert-OH is 1. The van der Waals surface area contributed by atoms with Crippen LogP contribution in [0.1, 0.15) is 29.3 Å². The molecule has 0 radical (unpaired) electrons. The molecule has 0 saturated carbocycles. The topological polar surface area (TPSA) is 99.1 Å². The van der Waals surface area contributed by atoms with E-state index in [9.17, 15) is 18.8 Å². The Morgan fingerprint density at radius 1 is 0.947 bits per heavy atom. The molecule has 3 aromatic carbocycles. The van der Waals surface area contributed by atoms with Gasteiger partial charge in [0.25, 0.3) is 0 Å². The zero-order valence-corrected chi connectivity index (χ0v) is 20.8. The summed E-state index contributed by atoms with van der Waals surface area (Å²) < 4.78 is 29.7. The maximum absolute atomic E-state index is 14.5. The van der Waals surface area contributed by atoms with Gasteiger partial charge >= 0.3 is 11.9 Å². The normalized spacial score (nSPS) is 10.7. The van der Waals surface area contributed by atoms with E-state index in [2.05, 4.69) is 6.58 Å². The molecule has 0 amide bonds. The first kappa shape index (κ1) is 28.0. The minimum atomic E-state index is -0.741. The third-order valence-electron chi connectivity index (χ3n) is 5.28. The molecule has 3 aromatic rings. The van der Waals surface area contributed by atoms with Crippen molar-refractivity contribution in [3.05, 3.63) is 102 Å². The average Bonchev–Trinajstić information content (AvgIpc) is 2.92. The van der Waals surface area contributed by atoms with Gasteiger partial charge in [-0.15, -0.1) is 0 Å². The molecule has 0 aliphatic heterocycles. The van der Waals surface area contributed by atoms with E-state index < -0.39 is 18.4 Å². The number of hydrogen-bond acceptors (Lipinski definition) is 7. The van der Waals surface area contributed by atoms with Crippen LogP contribution in [0, 0.1) is 5.82 Å². The van der Waals surface area contributed by atoms with E-state index in [1.54, 1.807) is 18.2 Å². The van der Waals surface area contributed by atoms with Gasteiger partial charge in [-0.05, 0) is 59.2 Å². The zero-order valence-electron chi connectivity index (χ0n) is 20.8. The van der Waals surface area contributed by atoms with Crippen molar-refractivity contribution in [1.82, 2.24) is 0 Å². The van der Waals surface area contributed by atoms with E-state index >= 15 is 0 Å². The summed E-state index contributed by atoms with van der Waals surface area (Å²) in [5.74, 6) is -1.49. The second kappa shape index (κ2) is 13.7. The maximum Gasteiger partial charge on any atom is 0.341 e. The zero-order chi connectivity index (χ0) is 27.5. The van der Waals surface area contributed by atoms with Crippen molar-refractivity contribution in [3.63, 3.8) is 0 Å². The number of esters is 2. The number of allylic oxidation sites excluding steroid dienone is 1. The van der Waals surface area contributed by atoms with E-state index in [0.29, 0.717) is 17.5 Å². The highest BCUT2D eigenvalue weighted by atomic mass is 19.1. The largest absolute Gasteiger partial charge is 0.490 e. The third-order valence-corrected chi connectivity index (χ3v) is 5.28. The smallest absolute Gasteiger partial charge is 0.341 e. The Morgan fingerprint density at radius 2 is 1.63 bits per heavy atom. The van der Waals surface area contributed by atoms with Crippen molar-refractivity contribution < 1.29 is 38.1 Å². The first-order valence-electron chi connectivity index (χ1n) is 11.8. The third kappa shape index (κ3) is 8.25. The van der Waals surface area contributed by atoms with Gasteiger partial charge < -0.3 is 19.3 Å². The van der Waals surface area contributed by atoms with Crippen LogP contribution in [-0.4, -0.2) is 42.6 Å². The fourth-order valence-corrected chi connectivity index (χ4v) is 3.24. The van der Waals surface area contributed by atoms with E-state index in [1.165, 1.54) is 43.3 Å². The molecule has 0 aliphatic rings. The Balaban J connectivity index is 1.56. The number of hydrogen-bond donors (Lipinski definition) is 1. The van der Waals surface area contributed by atoms with E-state index in [-0.39, 0.29) is 42.0 Å². The Morgan fingerprint density at radius 3 is 2.26 bits per heavy atom. The predicted molar refractivity (Wildman–Crippen MR) is 140 cm³/mol. The summed E-state index contributed by atoms with van der Waals surface area (Å²) >= 11 is 0. The van der Waals surface area contributed by atoms with Crippen molar-refractivity contribution in [3.8, 4) is 22.6 Å². The number of ether oxygens (including phenoxy) is 3. The lowest BCUT2D eigenvalue weighted by Gasteiger charge is -2.09. The molecule has 0 atom stereocenters. The molecule has 0 heterocycles. The molecule has 0 unspecified atom stereocenters. The van der Waals surface area contributed by atoms with Crippen molar-refractivity contribution in [1.29, 1.82) is 0 Å². The molecule has 0 bridgehead atoms. The van der Waals surface area contributed by atoms with Crippen molar-refractivity contribution in [2.45, 2.75) is 13.3 Å². The van der Waals surface area contributed by atoms with Crippen LogP contribution in [0.4, 0.5) is 4.39 Å². The maximum atomic E-state index is 14.5. The highest BCUT2D eigenvalue weighted by molar-refractivity contribution is 6.06. The molecule has 0 aromatic heterocycles. The summed E-state index contributed by atoms with van der Waals surface area (Å²) in [6.07, 6.45) is 3.55. The summed E-state index contributed by atoms with van der Waals surface area (Å²) in [6, 6.07) is 18.0. The fourth-order valence-electron chi connectivity index (χ4n) is 3.24. The van der Waals surface area contributed by atoms with Gasteiger partial charge in [-0.3, -0.25) is 9.59 Å². The average molecular weight is 519 g/mol. The molecular formula is C30H27FO7. The van der Waals surface area contributed by atoms with Crippen LogP contribution in [-0.2, 0) is 14.3 Å². The van der Waals surface area contributed by atoms with Crippen LogP contribution in [0.5, 0.6) is 11.5 Å². The lowest BCUT2D eigenvalue weighted by atomic mass is 10.0. The Hall–Kier alpha value is -4.56. The Labute approximate surface area is 219 Å². The molecule has 8 heteroatoms. The molecule has 0 fully saturated rings. The molecule has 38 heavy (non-hydrogen) atoms. The van der Waals surface area contributed by atoms with Gasteiger partial charge in [0.2, 0.25) is 0 Å². The van der Waals surface area contributed by atoms with Crippen LogP contribution in [0.2, 0.25) is 0 Å². The van der Waals surface area contributed by atoms with Crippen LogP contribution in [0.3, 0.4) is 0 Å². The molecular weight excluding hydrogens is 491 g/mol. The molecule has 3 rings (SSSR count). The van der Waals surface area contributed by atoms with Gasteiger partial charge in [0.05, 0.1) is 25.4 Å².